The third-order valence-electron chi connectivity index (χ3n) is 6.02. The second-order valence-electron chi connectivity index (χ2n) is 8.67. The van der Waals surface area contributed by atoms with E-state index in [0.29, 0.717) is 5.56 Å². The van der Waals surface area contributed by atoms with Gasteiger partial charge in [-0.05, 0) is 41.8 Å². The summed E-state index contributed by atoms with van der Waals surface area (Å²) < 4.78 is 54.4. The van der Waals surface area contributed by atoms with E-state index in [0.717, 1.165) is 25.1 Å². The van der Waals surface area contributed by atoms with E-state index >= 15 is 0 Å². The summed E-state index contributed by atoms with van der Waals surface area (Å²) in [6, 6.07) is 18.1. The standard InChI is InChI=1S/C24H27N3O5S3/c1-17-7-9-18(10-8-17)16-34(29,30)26(2)25-24(28)23-14-21(33)15-27(23)35(31,32)22-12-11-19-5-3-4-6-20(19)13-22/h3-13,21,23,33H,14-16H2,1-2H3,(H,25,28)/t21-,23+/m1/s1. The summed E-state index contributed by atoms with van der Waals surface area (Å²) in [6.45, 7) is 1.94. The molecule has 1 heterocycles. The van der Waals surface area contributed by atoms with Crippen LogP contribution in [0.4, 0.5) is 0 Å². The molecule has 11 heteroatoms. The van der Waals surface area contributed by atoms with Crippen molar-refractivity contribution in [3.8, 4) is 0 Å². The minimum Gasteiger partial charge on any atom is -0.274 e. The van der Waals surface area contributed by atoms with Gasteiger partial charge in [0.25, 0.3) is 5.91 Å². The number of nitrogens with one attached hydrogen (secondary N) is 1. The summed E-state index contributed by atoms with van der Waals surface area (Å²) in [7, 11) is -6.67. The van der Waals surface area contributed by atoms with Crippen molar-refractivity contribution in [2.75, 3.05) is 13.6 Å². The molecule has 0 bridgehead atoms. The van der Waals surface area contributed by atoms with Gasteiger partial charge in [0.05, 0.1) is 10.6 Å². The molecule has 35 heavy (non-hydrogen) atoms. The molecule has 3 aromatic carbocycles. The molecule has 1 amide bonds. The molecule has 1 N–H and O–H groups in total. The van der Waals surface area contributed by atoms with Crippen LogP contribution in [0.5, 0.6) is 0 Å². The Kier molecular flexibility index (Phi) is 7.26. The Balaban J connectivity index is 1.53. The van der Waals surface area contributed by atoms with Crippen LogP contribution in [-0.2, 0) is 30.6 Å². The number of hydrogen-bond acceptors (Lipinski definition) is 6. The van der Waals surface area contributed by atoms with E-state index in [4.69, 9.17) is 0 Å². The lowest BCUT2D eigenvalue weighted by atomic mass is 10.1. The molecule has 1 saturated heterocycles. The predicted molar refractivity (Wildman–Crippen MR) is 139 cm³/mol. The first-order chi connectivity index (χ1) is 16.5. The van der Waals surface area contributed by atoms with E-state index in [1.54, 1.807) is 24.3 Å². The van der Waals surface area contributed by atoms with Gasteiger partial charge in [-0.2, -0.15) is 16.9 Å². The fourth-order valence-corrected chi connectivity index (χ4v) is 7.24. The lowest BCUT2D eigenvalue weighted by Gasteiger charge is -2.26. The van der Waals surface area contributed by atoms with Crippen molar-refractivity contribution in [3.05, 3.63) is 77.9 Å². The van der Waals surface area contributed by atoms with Crippen LogP contribution >= 0.6 is 12.6 Å². The van der Waals surface area contributed by atoms with Crippen LogP contribution in [0, 0.1) is 6.92 Å². The Labute approximate surface area is 211 Å². The van der Waals surface area contributed by atoms with E-state index in [2.05, 4.69) is 18.1 Å². The highest BCUT2D eigenvalue weighted by atomic mass is 32.2. The zero-order valence-electron chi connectivity index (χ0n) is 19.3. The summed E-state index contributed by atoms with van der Waals surface area (Å²) in [5.41, 5.74) is 3.94. The van der Waals surface area contributed by atoms with Crippen molar-refractivity contribution in [2.24, 2.45) is 0 Å². The summed E-state index contributed by atoms with van der Waals surface area (Å²) in [5, 5.41) is 1.29. The molecule has 0 radical (unpaired) electrons. The molecule has 1 aliphatic rings. The van der Waals surface area contributed by atoms with Gasteiger partial charge < -0.3 is 0 Å². The topological polar surface area (TPSA) is 104 Å². The maximum atomic E-state index is 13.5. The lowest BCUT2D eigenvalue weighted by Crippen LogP contribution is -2.52. The van der Waals surface area contributed by atoms with Gasteiger partial charge in [-0.1, -0.05) is 60.2 Å². The molecule has 0 aromatic heterocycles. The molecule has 0 saturated carbocycles. The maximum Gasteiger partial charge on any atom is 0.253 e. The molecule has 8 nitrogen and oxygen atoms in total. The van der Waals surface area contributed by atoms with Crippen molar-refractivity contribution < 1.29 is 21.6 Å². The van der Waals surface area contributed by atoms with Gasteiger partial charge >= 0.3 is 0 Å². The SMILES string of the molecule is Cc1ccc(CS(=O)(=O)N(C)NC(=O)[C@@H]2C[C@@H](S)CN2S(=O)(=O)c2ccc3ccccc3c2)cc1. The second kappa shape index (κ2) is 9.90. The zero-order valence-corrected chi connectivity index (χ0v) is 21.9. The number of fused-ring (bicyclic) bond motifs is 1. The first kappa shape index (κ1) is 25.6. The van der Waals surface area contributed by atoms with Crippen LogP contribution < -0.4 is 5.43 Å². The Morgan fingerprint density at radius 2 is 1.69 bits per heavy atom. The summed E-state index contributed by atoms with van der Waals surface area (Å²) in [5.74, 6) is -1.02. The normalized spacial score (nSPS) is 19.3. The minimum atomic E-state index is -4.03. The Morgan fingerprint density at radius 1 is 1.03 bits per heavy atom. The monoisotopic (exact) mass is 533 g/mol. The fraction of sp³-hybridized carbons (Fsp3) is 0.292. The highest BCUT2D eigenvalue weighted by Gasteiger charge is 2.43. The molecular weight excluding hydrogens is 506 g/mol. The van der Waals surface area contributed by atoms with Crippen molar-refractivity contribution in [2.45, 2.75) is 35.3 Å². The molecule has 186 valence electrons. The molecule has 0 aliphatic carbocycles. The average Bonchev–Trinajstić information content (AvgIpc) is 3.23. The van der Waals surface area contributed by atoms with Gasteiger partial charge in [-0.3, -0.25) is 10.2 Å². The van der Waals surface area contributed by atoms with Crippen LogP contribution in [0.3, 0.4) is 0 Å². The van der Waals surface area contributed by atoms with Crippen molar-refractivity contribution in [3.63, 3.8) is 0 Å². The third kappa shape index (κ3) is 5.54. The number of nitrogens with zero attached hydrogens (tertiary/aromatic N) is 2. The number of benzene rings is 3. The smallest absolute Gasteiger partial charge is 0.253 e. The molecule has 4 rings (SSSR count). The molecule has 3 aromatic rings. The Bertz CT molecular complexity index is 1460. The van der Waals surface area contributed by atoms with Gasteiger partial charge in [0.2, 0.25) is 20.0 Å². The van der Waals surface area contributed by atoms with E-state index in [-0.39, 0.29) is 28.9 Å². The predicted octanol–water partition coefficient (Wildman–Crippen LogP) is 2.70. The van der Waals surface area contributed by atoms with Gasteiger partial charge in [0.1, 0.15) is 6.04 Å². The highest BCUT2D eigenvalue weighted by Crippen LogP contribution is 2.30. The van der Waals surface area contributed by atoms with E-state index in [9.17, 15) is 21.6 Å². The average molecular weight is 534 g/mol. The minimum absolute atomic E-state index is 0.0379. The number of hydrazine groups is 1. The van der Waals surface area contributed by atoms with Crippen LogP contribution in [0.2, 0.25) is 0 Å². The Hall–Kier alpha value is -2.44. The largest absolute Gasteiger partial charge is 0.274 e. The first-order valence-corrected chi connectivity index (χ1v) is 14.6. The second-order valence-corrected chi connectivity index (χ2v) is 13.3. The first-order valence-electron chi connectivity index (χ1n) is 11.0. The van der Waals surface area contributed by atoms with Crippen molar-refractivity contribution in [1.29, 1.82) is 0 Å². The Morgan fingerprint density at radius 3 is 2.37 bits per heavy atom. The number of hydrogen-bond donors (Lipinski definition) is 2. The number of carbonyl (C=O) groups is 1. The van der Waals surface area contributed by atoms with Gasteiger partial charge in [-0.15, -0.1) is 4.41 Å². The summed E-state index contributed by atoms with van der Waals surface area (Å²) >= 11 is 4.41. The molecule has 1 aliphatic heterocycles. The van der Waals surface area contributed by atoms with Crippen LogP contribution in [0.15, 0.2) is 71.6 Å². The quantitative estimate of drug-likeness (QED) is 0.359. The molecule has 0 spiro atoms. The number of sulfonamides is 2. The number of aryl methyl sites for hydroxylation is 1. The number of carbonyl (C=O) groups excluding carboxylic acids is 1. The van der Waals surface area contributed by atoms with Crippen molar-refractivity contribution in [1.82, 2.24) is 14.1 Å². The molecule has 2 atom stereocenters. The van der Waals surface area contributed by atoms with Crippen LogP contribution in [0.1, 0.15) is 17.5 Å². The van der Waals surface area contributed by atoms with E-state index in [1.807, 2.05) is 43.3 Å². The third-order valence-corrected chi connectivity index (χ3v) is 9.89. The van der Waals surface area contributed by atoms with Gasteiger partial charge in [0, 0.05) is 18.8 Å². The highest BCUT2D eigenvalue weighted by molar-refractivity contribution is 7.89. The van der Waals surface area contributed by atoms with Crippen LogP contribution in [0.25, 0.3) is 10.8 Å². The maximum absolute atomic E-state index is 13.5. The lowest BCUT2D eigenvalue weighted by molar-refractivity contribution is -0.126. The molecule has 1 fully saturated rings. The van der Waals surface area contributed by atoms with Gasteiger partial charge in [0.15, 0.2) is 0 Å². The molecule has 0 unspecified atom stereocenters. The van der Waals surface area contributed by atoms with Gasteiger partial charge in [-0.25, -0.2) is 16.8 Å². The van der Waals surface area contributed by atoms with Crippen molar-refractivity contribution >= 4 is 49.4 Å². The summed E-state index contributed by atoms with van der Waals surface area (Å²) in [6.07, 6.45) is 0.160. The fourth-order valence-electron chi connectivity index (χ4n) is 4.04. The number of rotatable bonds is 7. The number of amides is 1. The van der Waals surface area contributed by atoms with E-state index in [1.165, 1.54) is 13.1 Å². The summed E-state index contributed by atoms with van der Waals surface area (Å²) in [4.78, 5) is 13.2. The molecular formula is C24H27N3O5S3. The number of thiol groups is 1. The van der Waals surface area contributed by atoms with Crippen LogP contribution in [-0.4, -0.2) is 56.3 Å². The zero-order chi connectivity index (χ0) is 25.4. The van der Waals surface area contributed by atoms with E-state index < -0.39 is 32.0 Å².